The first-order valence-corrected chi connectivity index (χ1v) is 10.8. The Hall–Kier alpha value is -3.37. The summed E-state index contributed by atoms with van der Waals surface area (Å²) < 4.78 is 32.2. The minimum absolute atomic E-state index is 0.0263. The van der Waals surface area contributed by atoms with Gasteiger partial charge in [0, 0.05) is 23.0 Å². The monoisotopic (exact) mass is 463 g/mol. The van der Waals surface area contributed by atoms with Gasteiger partial charge in [0.25, 0.3) is 0 Å². The van der Waals surface area contributed by atoms with E-state index >= 15 is 0 Å². The quantitative estimate of drug-likeness (QED) is 0.550. The minimum atomic E-state index is -3.91. The van der Waals surface area contributed by atoms with Crippen molar-refractivity contribution in [2.75, 3.05) is 12.4 Å². The topological polar surface area (TPSA) is 128 Å². The van der Waals surface area contributed by atoms with Gasteiger partial charge < -0.3 is 15.2 Å². The number of anilines is 1. The molecule has 31 heavy (non-hydrogen) atoms. The van der Waals surface area contributed by atoms with Crippen LogP contribution in [-0.2, 0) is 14.6 Å². The fraction of sp³-hybridized carbons (Fsp3) is 0.150. The molecular weight excluding hydrogens is 446 g/mol. The van der Waals surface area contributed by atoms with Crippen molar-refractivity contribution in [3.8, 4) is 5.75 Å². The number of hydrogen-bond donors (Lipinski definition) is 2. The van der Waals surface area contributed by atoms with Gasteiger partial charge in [0.1, 0.15) is 17.5 Å². The number of hydrogen-bond acceptors (Lipinski definition) is 6. The van der Waals surface area contributed by atoms with Crippen molar-refractivity contribution in [3.05, 3.63) is 65.4 Å². The highest BCUT2D eigenvalue weighted by Gasteiger charge is 2.23. The van der Waals surface area contributed by atoms with E-state index in [-0.39, 0.29) is 26.9 Å². The zero-order chi connectivity index (χ0) is 22.8. The van der Waals surface area contributed by atoms with E-state index < -0.39 is 27.8 Å². The molecule has 9 nitrogen and oxygen atoms in total. The number of nitrogens with one attached hydrogen (secondary N) is 1. The Morgan fingerprint density at radius 1 is 1.13 bits per heavy atom. The second kappa shape index (κ2) is 8.78. The maximum absolute atomic E-state index is 13.0. The number of nitrogens with zero attached hydrogens (tertiary/aromatic N) is 2. The molecular formula is C20H18ClN3O6S. The lowest BCUT2D eigenvalue weighted by Gasteiger charge is -2.16. The zero-order valence-corrected chi connectivity index (χ0v) is 18.0. The van der Waals surface area contributed by atoms with Crippen LogP contribution in [0.1, 0.15) is 23.5 Å². The highest BCUT2D eigenvalue weighted by Crippen LogP contribution is 2.29. The molecule has 2 N–H and O–H groups in total. The maximum atomic E-state index is 13.0. The van der Waals surface area contributed by atoms with Crippen molar-refractivity contribution in [1.29, 1.82) is 0 Å². The van der Waals surface area contributed by atoms with Gasteiger partial charge in [-0.25, -0.2) is 17.9 Å². The number of carbonyl (C=O) groups is 2. The Kier molecular flexibility index (Phi) is 6.32. The summed E-state index contributed by atoms with van der Waals surface area (Å²) in [5.74, 6) is -1.60. The Morgan fingerprint density at radius 3 is 2.42 bits per heavy atom. The van der Waals surface area contributed by atoms with Crippen LogP contribution in [0.15, 0.2) is 64.5 Å². The summed E-state index contributed by atoms with van der Waals surface area (Å²) in [4.78, 5) is 23.9. The van der Waals surface area contributed by atoms with Gasteiger partial charge in [-0.05, 0) is 49.4 Å². The number of carboxylic acid groups (broad SMARTS) is 1. The van der Waals surface area contributed by atoms with Gasteiger partial charge in [-0.3, -0.25) is 4.79 Å². The van der Waals surface area contributed by atoms with Crippen molar-refractivity contribution in [1.82, 2.24) is 9.78 Å². The van der Waals surface area contributed by atoms with Gasteiger partial charge in [-0.2, -0.15) is 5.10 Å². The van der Waals surface area contributed by atoms with E-state index in [1.54, 1.807) is 0 Å². The van der Waals surface area contributed by atoms with Crippen LogP contribution in [0.4, 0.5) is 5.69 Å². The fourth-order valence-corrected chi connectivity index (χ4v) is 4.26. The molecule has 3 rings (SSSR count). The number of carbonyl (C=O) groups excluding carboxylic acids is 1. The van der Waals surface area contributed by atoms with Crippen LogP contribution in [0.2, 0.25) is 5.02 Å². The molecule has 0 saturated carbocycles. The molecule has 0 spiro atoms. The molecule has 2 aromatic carbocycles. The molecule has 1 amide bonds. The van der Waals surface area contributed by atoms with Crippen LogP contribution in [0.25, 0.3) is 0 Å². The fourth-order valence-electron chi connectivity index (χ4n) is 2.82. The SMILES string of the molecule is COc1cc(NC(=O)C(C)n2nccc2C(=O)O)cc(S(=O)(=O)c2ccc(Cl)cc2)c1. The first kappa shape index (κ1) is 22.3. The number of methoxy groups -OCH3 is 1. The lowest BCUT2D eigenvalue weighted by molar-refractivity contribution is -0.119. The average molecular weight is 464 g/mol. The van der Waals surface area contributed by atoms with Crippen LogP contribution in [0.5, 0.6) is 5.75 Å². The second-order valence-corrected chi connectivity index (χ2v) is 8.87. The molecule has 0 fully saturated rings. The lowest BCUT2D eigenvalue weighted by atomic mass is 10.2. The van der Waals surface area contributed by atoms with Crippen molar-refractivity contribution in [2.24, 2.45) is 0 Å². The standard InChI is InChI=1S/C20H18ClN3O6S/c1-12(24-18(20(26)27)7-8-22-24)19(25)23-14-9-15(30-2)11-17(10-14)31(28,29)16-5-3-13(21)4-6-16/h3-12H,1-2H3,(H,23,25)(H,26,27). The average Bonchev–Trinajstić information content (AvgIpc) is 3.23. The summed E-state index contributed by atoms with van der Waals surface area (Å²) in [5, 5.41) is 16.1. The number of benzene rings is 2. The van der Waals surface area contributed by atoms with E-state index in [1.807, 2.05) is 0 Å². The molecule has 0 bridgehead atoms. The van der Waals surface area contributed by atoms with E-state index in [2.05, 4.69) is 10.4 Å². The number of sulfone groups is 1. The van der Waals surface area contributed by atoms with Crippen LogP contribution in [0, 0.1) is 0 Å². The molecule has 3 aromatic rings. The number of aromatic nitrogens is 2. The zero-order valence-electron chi connectivity index (χ0n) is 16.4. The summed E-state index contributed by atoms with van der Waals surface area (Å²) in [6.45, 7) is 1.47. The molecule has 0 saturated heterocycles. The molecule has 0 aliphatic carbocycles. The Balaban J connectivity index is 1.93. The van der Waals surface area contributed by atoms with E-state index in [0.29, 0.717) is 5.02 Å². The number of amides is 1. The van der Waals surface area contributed by atoms with Gasteiger partial charge in [0.2, 0.25) is 15.7 Å². The highest BCUT2D eigenvalue weighted by molar-refractivity contribution is 7.91. The molecule has 162 valence electrons. The molecule has 0 aliphatic heterocycles. The van der Waals surface area contributed by atoms with Crippen LogP contribution in [-0.4, -0.2) is 42.3 Å². The van der Waals surface area contributed by atoms with Crippen LogP contribution >= 0.6 is 11.6 Å². The van der Waals surface area contributed by atoms with E-state index in [0.717, 1.165) is 4.68 Å². The normalized spacial score (nSPS) is 12.2. The first-order valence-electron chi connectivity index (χ1n) is 8.91. The predicted molar refractivity (Wildman–Crippen MR) is 112 cm³/mol. The Labute approximate surface area is 183 Å². The van der Waals surface area contributed by atoms with Gasteiger partial charge in [-0.15, -0.1) is 0 Å². The van der Waals surface area contributed by atoms with Crippen molar-refractivity contribution >= 4 is 39.0 Å². The number of ether oxygens (including phenoxy) is 1. The van der Waals surface area contributed by atoms with Gasteiger partial charge in [-0.1, -0.05) is 11.6 Å². The van der Waals surface area contributed by atoms with E-state index in [4.69, 9.17) is 16.3 Å². The third kappa shape index (κ3) is 4.70. The first-order chi connectivity index (χ1) is 14.6. The summed E-state index contributed by atoms with van der Waals surface area (Å²) in [7, 11) is -2.55. The molecule has 1 aromatic heterocycles. The van der Waals surface area contributed by atoms with Crippen molar-refractivity contribution in [3.63, 3.8) is 0 Å². The summed E-state index contributed by atoms with van der Waals surface area (Å²) in [6.07, 6.45) is 1.27. The third-order valence-corrected chi connectivity index (χ3v) is 6.45. The minimum Gasteiger partial charge on any atom is -0.497 e. The predicted octanol–water partition coefficient (Wildman–Crippen LogP) is 3.28. The molecule has 0 radical (unpaired) electrons. The van der Waals surface area contributed by atoms with Gasteiger partial charge in [0.05, 0.1) is 16.9 Å². The lowest BCUT2D eigenvalue weighted by Crippen LogP contribution is -2.27. The molecule has 0 aliphatic rings. The van der Waals surface area contributed by atoms with Gasteiger partial charge in [0.15, 0.2) is 0 Å². The molecule has 11 heteroatoms. The number of aromatic carboxylic acids is 1. The van der Waals surface area contributed by atoms with Crippen LogP contribution in [0.3, 0.4) is 0 Å². The Bertz CT molecular complexity index is 1240. The molecule has 1 unspecified atom stereocenters. The summed E-state index contributed by atoms with van der Waals surface area (Å²) in [6, 6.07) is 10.1. The van der Waals surface area contributed by atoms with E-state index in [1.165, 1.54) is 68.8 Å². The number of halogens is 1. The van der Waals surface area contributed by atoms with E-state index in [9.17, 15) is 23.1 Å². The molecule has 1 atom stereocenters. The summed E-state index contributed by atoms with van der Waals surface area (Å²) >= 11 is 5.83. The van der Waals surface area contributed by atoms with Crippen molar-refractivity contribution < 1.29 is 27.9 Å². The molecule has 1 heterocycles. The highest BCUT2D eigenvalue weighted by atomic mass is 35.5. The maximum Gasteiger partial charge on any atom is 0.354 e. The second-order valence-electron chi connectivity index (χ2n) is 6.49. The van der Waals surface area contributed by atoms with Crippen molar-refractivity contribution in [2.45, 2.75) is 22.8 Å². The van der Waals surface area contributed by atoms with Gasteiger partial charge >= 0.3 is 5.97 Å². The number of carboxylic acids is 1. The largest absolute Gasteiger partial charge is 0.497 e. The third-order valence-electron chi connectivity index (χ3n) is 4.45. The number of rotatable bonds is 7. The smallest absolute Gasteiger partial charge is 0.354 e. The van der Waals surface area contributed by atoms with Crippen LogP contribution < -0.4 is 10.1 Å². The summed E-state index contributed by atoms with van der Waals surface area (Å²) in [5.41, 5.74) is 0.00654. The Morgan fingerprint density at radius 2 is 1.81 bits per heavy atom.